The Morgan fingerprint density at radius 3 is 2.26 bits per heavy atom. The van der Waals surface area contributed by atoms with E-state index in [1.165, 1.54) is 18.2 Å². The third kappa shape index (κ3) is 5.42. The van der Waals surface area contributed by atoms with E-state index >= 15 is 0 Å². The number of hydrogen-bond acceptors (Lipinski definition) is 6. The Morgan fingerprint density at radius 1 is 1.16 bits per heavy atom. The van der Waals surface area contributed by atoms with Crippen LogP contribution in [0.4, 0.5) is 11.4 Å². The Labute approximate surface area is 112 Å². The first kappa shape index (κ1) is 15.7. The van der Waals surface area contributed by atoms with E-state index in [9.17, 15) is 16.8 Å². The lowest BCUT2D eigenvalue weighted by Crippen LogP contribution is -2.27. The standard InChI is InChI=1S/C9H16N4O4S2/c1-18(14,15)13-5-4-12-9-3-2-7(6-8(9)10)19(11,16)17/h2-3,6,12-13H,4-5,10H2,1H3,(H2,11,16,17). The molecule has 0 aliphatic heterocycles. The van der Waals surface area contributed by atoms with Crippen LogP contribution < -0.4 is 20.9 Å². The minimum Gasteiger partial charge on any atom is -0.397 e. The Kier molecular flexibility index (Phi) is 4.74. The number of benzene rings is 1. The van der Waals surface area contributed by atoms with Crippen molar-refractivity contribution >= 4 is 31.4 Å². The minimum atomic E-state index is -3.79. The molecule has 19 heavy (non-hydrogen) atoms. The van der Waals surface area contributed by atoms with Crippen LogP contribution in [0.15, 0.2) is 23.1 Å². The predicted molar refractivity (Wildman–Crippen MR) is 73.6 cm³/mol. The maximum atomic E-state index is 11.1. The molecular weight excluding hydrogens is 292 g/mol. The molecule has 10 heteroatoms. The van der Waals surface area contributed by atoms with Crippen molar-refractivity contribution in [2.24, 2.45) is 5.14 Å². The molecule has 8 nitrogen and oxygen atoms in total. The monoisotopic (exact) mass is 308 g/mol. The zero-order valence-corrected chi connectivity index (χ0v) is 11.9. The number of nitrogen functional groups attached to an aromatic ring is 1. The van der Waals surface area contributed by atoms with Gasteiger partial charge in [-0.2, -0.15) is 0 Å². The van der Waals surface area contributed by atoms with E-state index in [0.717, 1.165) is 6.26 Å². The second-order valence-corrected chi connectivity index (χ2v) is 7.28. The van der Waals surface area contributed by atoms with Gasteiger partial charge in [-0.05, 0) is 18.2 Å². The van der Waals surface area contributed by atoms with Gasteiger partial charge < -0.3 is 11.1 Å². The number of rotatable bonds is 6. The van der Waals surface area contributed by atoms with Gasteiger partial charge in [-0.3, -0.25) is 0 Å². The summed E-state index contributed by atoms with van der Waals surface area (Å²) in [5.74, 6) is 0. The smallest absolute Gasteiger partial charge is 0.238 e. The fraction of sp³-hybridized carbons (Fsp3) is 0.333. The van der Waals surface area contributed by atoms with Crippen LogP contribution in [0.3, 0.4) is 0 Å². The van der Waals surface area contributed by atoms with Crippen molar-refractivity contribution in [2.45, 2.75) is 4.90 Å². The Balaban J connectivity index is 2.66. The van der Waals surface area contributed by atoms with Gasteiger partial charge in [0.05, 0.1) is 22.5 Å². The highest BCUT2D eigenvalue weighted by Gasteiger charge is 2.09. The number of nitrogens with one attached hydrogen (secondary N) is 2. The molecule has 0 aromatic heterocycles. The van der Waals surface area contributed by atoms with Crippen LogP contribution in [0.2, 0.25) is 0 Å². The summed E-state index contributed by atoms with van der Waals surface area (Å²) in [6, 6.07) is 4.02. The van der Waals surface area contributed by atoms with Crippen LogP contribution in [0.5, 0.6) is 0 Å². The Bertz CT molecular complexity index is 655. The van der Waals surface area contributed by atoms with E-state index in [4.69, 9.17) is 10.9 Å². The van der Waals surface area contributed by atoms with Crippen LogP contribution in [0, 0.1) is 0 Å². The number of sulfonamides is 2. The van der Waals surface area contributed by atoms with E-state index in [1.54, 1.807) is 0 Å². The van der Waals surface area contributed by atoms with Crippen molar-refractivity contribution in [3.63, 3.8) is 0 Å². The van der Waals surface area contributed by atoms with Crippen LogP contribution in [-0.2, 0) is 20.0 Å². The van der Waals surface area contributed by atoms with Crippen molar-refractivity contribution in [3.05, 3.63) is 18.2 Å². The van der Waals surface area contributed by atoms with Gasteiger partial charge >= 0.3 is 0 Å². The fourth-order valence-corrected chi connectivity index (χ4v) is 2.33. The summed E-state index contributed by atoms with van der Waals surface area (Å²) < 4.78 is 46.1. The van der Waals surface area contributed by atoms with Crippen LogP contribution in [0.25, 0.3) is 0 Å². The van der Waals surface area contributed by atoms with E-state index < -0.39 is 20.0 Å². The third-order valence-electron chi connectivity index (χ3n) is 2.16. The Morgan fingerprint density at radius 2 is 1.79 bits per heavy atom. The molecule has 0 radical (unpaired) electrons. The Hall–Kier alpha value is -1.36. The summed E-state index contributed by atoms with van der Waals surface area (Å²) in [5, 5.41) is 7.84. The molecule has 0 aliphatic rings. The molecule has 0 fully saturated rings. The van der Waals surface area contributed by atoms with Crippen LogP contribution in [-0.4, -0.2) is 36.2 Å². The van der Waals surface area contributed by atoms with Crippen molar-refractivity contribution in [1.29, 1.82) is 0 Å². The van der Waals surface area contributed by atoms with Crippen LogP contribution in [0.1, 0.15) is 0 Å². The lowest BCUT2D eigenvalue weighted by molar-refractivity contribution is 0.588. The van der Waals surface area contributed by atoms with Gasteiger partial charge in [0.1, 0.15) is 0 Å². The zero-order chi connectivity index (χ0) is 14.7. The number of anilines is 2. The average Bonchev–Trinajstić information content (AvgIpc) is 2.23. The summed E-state index contributed by atoms with van der Waals surface area (Å²) in [6.07, 6.45) is 1.06. The molecule has 1 aromatic carbocycles. The minimum absolute atomic E-state index is 0.0789. The first-order valence-electron chi connectivity index (χ1n) is 5.20. The predicted octanol–water partition coefficient (Wildman–Crippen LogP) is -1.12. The molecule has 0 saturated heterocycles. The maximum Gasteiger partial charge on any atom is 0.238 e. The quantitative estimate of drug-likeness (QED) is 0.387. The van der Waals surface area contributed by atoms with E-state index in [0.29, 0.717) is 12.2 Å². The number of primary sulfonamides is 1. The summed E-state index contributed by atoms with van der Waals surface area (Å²) in [4.78, 5) is -0.0789. The average molecular weight is 308 g/mol. The normalized spacial score (nSPS) is 12.3. The van der Waals surface area contributed by atoms with E-state index in [-0.39, 0.29) is 17.1 Å². The molecule has 0 amide bonds. The third-order valence-corrected chi connectivity index (χ3v) is 3.80. The highest BCUT2D eigenvalue weighted by atomic mass is 32.2. The van der Waals surface area contributed by atoms with Gasteiger partial charge in [0.25, 0.3) is 0 Å². The molecule has 1 aromatic rings. The number of nitrogens with two attached hydrogens (primary N) is 2. The molecule has 0 unspecified atom stereocenters. The lowest BCUT2D eigenvalue weighted by Gasteiger charge is -2.10. The van der Waals surface area contributed by atoms with Gasteiger partial charge in [-0.1, -0.05) is 0 Å². The highest BCUT2D eigenvalue weighted by Crippen LogP contribution is 2.21. The second kappa shape index (κ2) is 5.74. The first-order valence-corrected chi connectivity index (χ1v) is 8.64. The SMILES string of the molecule is CS(=O)(=O)NCCNc1ccc(S(N)(=O)=O)cc1N. The van der Waals surface area contributed by atoms with Gasteiger partial charge in [0.15, 0.2) is 0 Å². The summed E-state index contributed by atoms with van der Waals surface area (Å²) in [6.45, 7) is 0.501. The molecule has 0 atom stereocenters. The summed E-state index contributed by atoms with van der Waals surface area (Å²) in [7, 11) is -7.02. The largest absolute Gasteiger partial charge is 0.397 e. The van der Waals surface area contributed by atoms with E-state index in [1.807, 2.05) is 0 Å². The topological polar surface area (TPSA) is 144 Å². The molecule has 0 aliphatic carbocycles. The second-order valence-electron chi connectivity index (χ2n) is 3.89. The van der Waals surface area contributed by atoms with Gasteiger partial charge in [0.2, 0.25) is 20.0 Å². The van der Waals surface area contributed by atoms with Crippen molar-refractivity contribution in [2.75, 3.05) is 30.4 Å². The summed E-state index contributed by atoms with van der Waals surface area (Å²) >= 11 is 0. The lowest BCUT2D eigenvalue weighted by atomic mass is 10.2. The molecular formula is C9H16N4O4S2. The van der Waals surface area contributed by atoms with Gasteiger partial charge in [-0.25, -0.2) is 26.7 Å². The van der Waals surface area contributed by atoms with E-state index in [2.05, 4.69) is 10.0 Å². The molecule has 0 spiro atoms. The highest BCUT2D eigenvalue weighted by molar-refractivity contribution is 7.89. The van der Waals surface area contributed by atoms with Crippen LogP contribution >= 0.6 is 0 Å². The molecule has 108 valence electrons. The zero-order valence-electron chi connectivity index (χ0n) is 10.3. The molecule has 0 saturated carbocycles. The molecule has 0 heterocycles. The maximum absolute atomic E-state index is 11.1. The fourth-order valence-electron chi connectivity index (χ4n) is 1.31. The van der Waals surface area contributed by atoms with Gasteiger partial charge in [-0.15, -0.1) is 0 Å². The molecule has 0 bridgehead atoms. The van der Waals surface area contributed by atoms with Crippen molar-refractivity contribution in [3.8, 4) is 0 Å². The first-order chi connectivity index (χ1) is 8.59. The summed E-state index contributed by atoms with van der Waals surface area (Å²) in [5.41, 5.74) is 6.38. The molecule has 6 N–H and O–H groups in total. The number of hydrogen-bond donors (Lipinski definition) is 4. The molecule has 1 rings (SSSR count). The van der Waals surface area contributed by atoms with Crippen molar-refractivity contribution in [1.82, 2.24) is 4.72 Å². The van der Waals surface area contributed by atoms with Crippen molar-refractivity contribution < 1.29 is 16.8 Å². The van der Waals surface area contributed by atoms with Gasteiger partial charge in [0, 0.05) is 13.1 Å².